The van der Waals surface area contributed by atoms with Crippen LogP contribution in [0.25, 0.3) is 12.2 Å². The van der Waals surface area contributed by atoms with Crippen molar-refractivity contribution >= 4 is 18.2 Å². The van der Waals surface area contributed by atoms with E-state index >= 15 is 0 Å². The minimum Gasteiger partial charge on any atom is -0.497 e. The van der Waals surface area contributed by atoms with Crippen LogP contribution in [0.5, 0.6) is 17.2 Å². The van der Waals surface area contributed by atoms with Crippen LogP contribution in [0.4, 0.5) is 4.79 Å². The standard InChI is InChI=1S/C30H44N2O5/c1-7-8-16-31-30(33)32(17-9-18-34-4)21-28-25(19-27(35-5)20-29(28)36-6)13-10-24-11-14-26(15-12-24)37-22-23(2)3/h10-15,19-20,23H,7-9,16-18,21-22H2,1-6H3,(H,31,33)/b13-10+. The number of urea groups is 1. The Labute approximate surface area is 222 Å². The van der Waals surface area contributed by atoms with E-state index in [0.717, 1.165) is 41.7 Å². The normalized spacial score (nSPS) is 11.1. The van der Waals surface area contributed by atoms with Crippen molar-refractivity contribution in [1.82, 2.24) is 10.2 Å². The number of hydrogen-bond donors (Lipinski definition) is 1. The lowest BCUT2D eigenvalue weighted by molar-refractivity contribution is 0.165. The summed E-state index contributed by atoms with van der Waals surface area (Å²) >= 11 is 0. The van der Waals surface area contributed by atoms with Crippen LogP contribution in [0.1, 0.15) is 56.7 Å². The van der Waals surface area contributed by atoms with Gasteiger partial charge in [0, 0.05) is 38.4 Å². The summed E-state index contributed by atoms with van der Waals surface area (Å²) in [6.07, 6.45) is 6.79. The van der Waals surface area contributed by atoms with E-state index in [4.69, 9.17) is 18.9 Å². The van der Waals surface area contributed by atoms with Crippen molar-refractivity contribution in [3.8, 4) is 17.2 Å². The predicted octanol–water partition coefficient (Wildman–Crippen LogP) is 6.26. The maximum Gasteiger partial charge on any atom is 0.317 e. The van der Waals surface area contributed by atoms with Gasteiger partial charge < -0.3 is 29.2 Å². The molecule has 0 aliphatic carbocycles. The lowest BCUT2D eigenvalue weighted by Gasteiger charge is -2.25. The highest BCUT2D eigenvalue weighted by Crippen LogP contribution is 2.31. The van der Waals surface area contributed by atoms with E-state index in [-0.39, 0.29) is 6.03 Å². The molecular weight excluding hydrogens is 468 g/mol. The number of carbonyl (C=O) groups excluding carboxylic acids is 1. The molecule has 37 heavy (non-hydrogen) atoms. The van der Waals surface area contributed by atoms with Gasteiger partial charge >= 0.3 is 6.03 Å². The van der Waals surface area contributed by atoms with Crippen molar-refractivity contribution in [3.63, 3.8) is 0 Å². The minimum absolute atomic E-state index is 0.0886. The number of ether oxygens (including phenoxy) is 4. The Balaban J connectivity index is 2.33. The molecule has 0 atom stereocenters. The molecule has 0 saturated heterocycles. The zero-order valence-electron chi connectivity index (χ0n) is 23.3. The fraction of sp³-hybridized carbons (Fsp3) is 0.500. The van der Waals surface area contributed by atoms with Gasteiger partial charge in [0.05, 0.1) is 27.4 Å². The molecule has 2 rings (SSSR count). The maximum absolute atomic E-state index is 13.0. The van der Waals surface area contributed by atoms with E-state index in [9.17, 15) is 4.79 Å². The Hall–Kier alpha value is -3.19. The monoisotopic (exact) mass is 512 g/mol. The molecule has 7 heteroatoms. The summed E-state index contributed by atoms with van der Waals surface area (Å²) < 4.78 is 22.3. The summed E-state index contributed by atoms with van der Waals surface area (Å²) in [7, 11) is 4.94. The quantitative estimate of drug-likeness (QED) is 0.212. The number of carbonyl (C=O) groups is 1. The fourth-order valence-corrected chi connectivity index (χ4v) is 3.71. The summed E-state index contributed by atoms with van der Waals surface area (Å²) in [4.78, 5) is 14.9. The average Bonchev–Trinajstić information content (AvgIpc) is 2.91. The van der Waals surface area contributed by atoms with Gasteiger partial charge in [0.2, 0.25) is 0 Å². The first-order chi connectivity index (χ1) is 17.9. The topological polar surface area (TPSA) is 69.3 Å². The Kier molecular flexibility index (Phi) is 13.4. The summed E-state index contributed by atoms with van der Waals surface area (Å²) in [6, 6.07) is 11.8. The lowest BCUT2D eigenvalue weighted by atomic mass is 10.0. The molecule has 0 heterocycles. The summed E-state index contributed by atoms with van der Waals surface area (Å²) in [6.45, 7) is 9.26. The van der Waals surface area contributed by atoms with Crippen molar-refractivity contribution in [3.05, 3.63) is 53.1 Å². The van der Waals surface area contributed by atoms with Gasteiger partial charge in [-0.05, 0) is 48.1 Å². The Morgan fingerprint density at radius 2 is 1.76 bits per heavy atom. The Bertz CT molecular complexity index is 973. The van der Waals surface area contributed by atoms with Gasteiger partial charge in [-0.15, -0.1) is 0 Å². The average molecular weight is 513 g/mol. The lowest BCUT2D eigenvalue weighted by Crippen LogP contribution is -2.41. The van der Waals surface area contributed by atoms with E-state index in [1.54, 1.807) is 21.3 Å². The zero-order valence-corrected chi connectivity index (χ0v) is 23.3. The predicted molar refractivity (Wildman–Crippen MR) is 150 cm³/mol. The fourth-order valence-electron chi connectivity index (χ4n) is 3.71. The largest absolute Gasteiger partial charge is 0.497 e. The van der Waals surface area contributed by atoms with E-state index in [2.05, 4.69) is 26.1 Å². The van der Waals surface area contributed by atoms with Gasteiger partial charge in [-0.25, -0.2) is 4.79 Å². The zero-order chi connectivity index (χ0) is 27.0. The van der Waals surface area contributed by atoms with Crippen LogP contribution < -0.4 is 19.5 Å². The number of amides is 2. The van der Waals surface area contributed by atoms with E-state index in [1.165, 1.54) is 0 Å². The summed E-state index contributed by atoms with van der Waals surface area (Å²) in [5.41, 5.74) is 2.88. The molecule has 0 saturated carbocycles. The van der Waals surface area contributed by atoms with Gasteiger partial charge in [0.15, 0.2) is 0 Å². The molecule has 7 nitrogen and oxygen atoms in total. The number of unbranched alkanes of at least 4 members (excludes halogenated alkanes) is 1. The SMILES string of the molecule is CCCCNC(=O)N(CCCOC)Cc1c(/C=C/c2ccc(OCC(C)C)cc2)cc(OC)cc1OC. The van der Waals surface area contributed by atoms with Crippen molar-refractivity contribution in [2.24, 2.45) is 5.92 Å². The van der Waals surface area contributed by atoms with E-state index in [1.807, 2.05) is 53.5 Å². The molecule has 1 N–H and O–H groups in total. The van der Waals surface area contributed by atoms with Crippen molar-refractivity contribution < 1.29 is 23.7 Å². The van der Waals surface area contributed by atoms with Gasteiger partial charge in [-0.2, -0.15) is 0 Å². The smallest absolute Gasteiger partial charge is 0.317 e. The molecule has 204 valence electrons. The van der Waals surface area contributed by atoms with Crippen LogP contribution >= 0.6 is 0 Å². The number of rotatable bonds is 16. The third-order valence-electron chi connectivity index (χ3n) is 5.81. The maximum atomic E-state index is 13.0. The number of nitrogens with one attached hydrogen (secondary N) is 1. The molecule has 0 aliphatic heterocycles. The Morgan fingerprint density at radius 3 is 2.38 bits per heavy atom. The van der Waals surface area contributed by atoms with Crippen molar-refractivity contribution in [2.75, 3.05) is 47.6 Å². The number of hydrogen-bond acceptors (Lipinski definition) is 5. The second-order valence-electron chi connectivity index (χ2n) is 9.36. The van der Waals surface area contributed by atoms with Gasteiger partial charge in [-0.3, -0.25) is 0 Å². The second-order valence-corrected chi connectivity index (χ2v) is 9.36. The third-order valence-corrected chi connectivity index (χ3v) is 5.81. The molecule has 0 aromatic heterocycles. The highest BCUT2D eigenvalue weighted by atomic mass is 16.5. The third kappa shape index (κ3) is 10.4. The van der Waals surface area contributed by atoms with Crippen LogP contribution in [0.15, 0.2) is 36.4 Å². The van der Waals surface area contributed by atoms with E-state index < -0.39 is 0 Å². The number of nitrogens with zero attached hydrogens (tertiary/aromatic N) is 1. The molecule has 0 unspecified atom stereocenters. The Morgan fingerprint density at radius 1 is 1.00 bits per heavy atom. The van der Waals surface area contributed by atoms with Gasteiger partial charge in [0.1, 0.15) is 17.2 Å². The van der Waals surface area contributed by atoms with E-state index in [0.29, 0.717) is 50.3 Å². The number of benzene rings is 2. The van der Waals surface area contributed by atoms with Gasteiger partial charge in [-0.1, -0.05) is 51.5 Å². The van der Waals surface area contributed by atoms with Crippen LogP contribution in [-0.4, -0.2) is 58.6 Å². The number of methoxy groups -OCH3 is 3. The molecule has 0 aliphatic rings. The van der Waals surface area contributed by atoms with Crippen LogP contribution in [0.2, 0.25) is 0 Å². The van der Waals surface area contributed by atoms with Crippen LogP contribution in [0, 0.1) is 5.92 Å². The van der Waals surface area contributed by atoms with Crippen LogP contribution in [0.3, 0.4) is 0 Å². The molecule has 2 amide bonds. The molecule has 0 bridgehead atoms. The van der Waals surface area contributed by atoms with Crippen molar-refractivity contribution in [1.29, 1.82) is 0 Å². The molecule has 0 spiro atoms. The first kappa shape index (κ1) is 30.0. The first-order valence-electron chi connectivity index (χ1n) is 13.1. The van der Waals surface area contributed by atoms with Crippen molar-refractivity contribution in [2.45, 2.75) is 46.6 Å². The second kappa shape index (κ2) is 16.5. The minimum atomic E-state index is -0.0886. The summed E-state index contributed by atoms with van der Waals surface area (Å²) in [5.74, 6) is 2.70. The van der Waals surface area contributed by atoms with Gasteiger partial charge in [0.25, 0.3) is 0 Å². The molecule has 0 fully saturated rings. The summed E-state index contributed by atoms with van der Waals surface area (Å²) in [5, 5.41) is 3.04. The molecule has 2 aromatic rings. The highest BCUT2D eigenvalue weighted by Gasteiger charge is 2.19. The first-order valence-corrected chi connectivity index (χ1v) is 13.1. The van der Waals surface area contributed by atoms with Crippen LogP contribution in [-0.2, 0) is 11.3 Å². The molecule has 0 radical (unpaired) electrons. The molecular formula is C30H44N2O5. The highest BCUT2D eigenvalue weighted by molar-refractivity contribution is 5.76. The molecule has 2 aromatic carbocycles.